The Morgan fingerprint density at radius 1 is 0.938 bits per heavy atom. The molecule has 98 valence electrons. The highest BCUT2D eigenvalue weighted by Crippen LogP contribution is 2.04. The van der Waals surface area contributed by atoms with E-state index in [0.717, 1.165) is 32.5 Å². The van der Waals surface area contributed by atoms with Crippen molar-refractivity contribution in [3.05, 3.63) is 0 Å². The molecule has 0 fully saturated rings. The molecular weight excluding hydrogens is 224 g/mol. The molecule has 16 heavy (non-hydrogen) atoms. The van der Waals surface area contributed by atoms with Crippen molar-refractivity contribution in [2.45, 2.75) is 64.2 Å². The van der Waals surface area contributed by atoms with Gasteiger partial charge in [-0.2, -0.15) is 0 Å². The van der Waals surface area contributed by atoms with Crippen molar-refractivity contribution in [3.63, 3.8) is 0 Å². The smallest absolute Gasteiger partial charge is 0.146 e. The third-order valence-electron chi connectivity index (χ3n) is 2.45. The maximum Gasteiger partial charge on any atom is 0.146 e. The summed E-state index contributed by atoms with van der Waals surface area (Å²) in [5, 5.41) is 0.253. The lowest BCUT2D eigenvalue weighted by atomic mass is 10.2. The number of hydrogen-bond donors (Lipinski definition) is 0. The molecule has 0 amide bonds. The molecule has 0 aromatic rings. The van der Waals surface area contributed by atoms with Gasteiger partial charge in [-0.25, -0.2) is 0 Å². The summed E-state index contributed by atoms with van der Waals surface area (Å²) in [6, 6.07) is 0. The molecule has 2 nitrogen and oxygen atoms in total. The van der Waals surface area contributed by atoms with Crippen molar-refractivity contribution in [2.75, 3.05) is 20.0 Å². The Kier molecular flexibility index (Phi) is 13.4. The van der Waals surface area contributed by atoms with Gasteiger partial charge < -0.3 is 9.47 Å². The van der Waals surface area contributed by atoms with Crippen LogP contribution in [0.5, 0.6) is 0 Å². The van der Waals surface area contributed by atoms with Gasteiger partial charge in [-0.1, -0.05) is 32.6 Å². The lowest BCUT2D eigenvalue weighted by Gasteiger charge is -2.06. The monoisotopic (exact) mass is 250 g/mol. The van der Waals surface area contributed by atoms with E-state index in [1.54, 1.807) is 0 Å². The molecule has 0 aliphatic heterocycles. The molecule has 0 aliphatic carbocycles. The van der Waals surface area contributed by atoms with Crippen molar-refractivity contribution < 1.29 is 9.47 Å². The van der Waals surface area contributed by atoms with Crippen LogP contribution in [0.1, 0.15) is 58.8 Å². The number of rotatable bonds is 12. The van der Waals surface area contributed by atoms with Crippen LogP contribution in [-0.4, -0.2) is 25.4 Å². The van der Waals surface area contributed by atoms with Gasteiger partial charge in [0.05, 0.1) is 0 Å². The third-order valence-corrected chi connectivity index (χ3v) is 2.67. The van der Waals surface area contributed by atoms with Crippen LogP contribution in [-0.2, 0) is 9.47 Å². The lowest BCUT2D eigenvalue weighted by molar-refractivity contribution is -0.0555. The van der Waals surface area contributed by atoms with Crippen LogP contribution in [0.4, 0.5) is 0 Å². The minimum Gasteiger partial charge on any atom is -0.355 e. The van der Waals surface area contributed by atoms with E-state index in [1.165, 1.54) is 25.7 Å². The molecule has 1 unspecified atom stereocenters. The summed E-state index contributed by atoms with van der Waals surface area (Å²) < 4.78 is 10.7. The zero-order chi connectivity index (χ0) is 12.1. The van der Waals surface area contributed by atoms with Gasteiger partial charge >= 0.3 is 0 Å². The Balaban J connectivity index is 2.88. The van der Waals surface area contributed by atoms with E-state index in [1.807, 2.05) is 6.92 Å². The molecule has 3 heteroatoms. The Bertz CT molecular complexity index is 129. The fourth-order valence-corrected chi connectivity index (χ4v) is 1.61. The topological polar surface area (TPSA) is 18.5 Å². The van der Waals surface area contributed by atoms with Gasteiger partial charge in [-0.15, -0.1) is 11.6 Å². The van der Waals surface area contributed by atoms with Crippen LogP contribution in [0.3, 0.4) is 0 Å². The van der Waals surface area contributed by atoms with Gasteiger partial charge in [-0.3, -0.25) is 0 Å². The van der Waals surface area contributed by atoms with Crippen molar-refractivity contribution >= 4 is 11.6 Å². The fraction of sp³-hybridized carbons (Fsp3) is 1.00. The average Bonchev–Trinajstić information content (AvgIpc) is 2.25. The molecule has 0 radical (unpaired) electrons. The van der Waals surface area contributed by atoms with Gasteiger partial charge in [0.2, 0.25) is 0 Å². The molecule has 0 aliphatic rings. The van der Waals surface area contributed by atoms with Crippen LogP contribution in [0.2, 0.25) is 0 Å². The second-order valence-electron chi connectivity index (χ2n) is 4.27. The normalized spacial score (nSPS) is 12.9. The van der Waals surface area contributed by atoms with Crippen LogP contribution >= 0.6 is 11.6 Å². The van der Waals surface area contributed by atoms with Crippen molar-refractivity contribution in [1.29, 1.82) is 0 Å². The molecule has 0 saturated heterocycles. The number of halogens is 1. The van der Waals surface area contributed by atoms with Gasteiger partial charge in [0.15, 0.2) is 0 Å². The first kappa shape index (κ1) is 16.2. The van der Waals surface area contributed by atoms with Crippen molar-refractivity contribution in [1.82, 2.24) is 0 Å². The number of unbranched alkanes of at least 4 members (excludes halogenated alkanes) is 4. The second-order valence-corrected chi connectivity index (χ2v) is 5.02. The highest BCUT2D eigenvalue weighted by Gasteiger charge is 1.95. The van der Waals surface area contributed by atoms with Crippen molar-refractivity contribution in [2.24, 2.45) is 0 Å². The molecule has 0 aromatic carbocycles. The molecule has 1 atom stereocenters. The Morgan fingerprint density at radius 3 is 2.19 bits per heavy atom. The third kappa shape index (κ3) is 14.2. The summed E-state index contributed by atoms with van der Waals surface area (Å²) >= 11 is 5.81. The Morgan fingerprint density at radius 2 is 1.56 bits per heavy atom. The van der Waals surface area contributed by atoms with Gasteiger partial charge in [0, 0.05) is 18.6 Å². The zero-order valence-corrected chi connectivity index (χ0v) is 11.6. The average molecular weight is 251 g/mol. The quantitative estimate of drug-likeness (QED) is 0.291. The molecule has 0 heterocycles. The maximum absolute atomic E-state index is 5.81. The summed E-state index contributed by atoms with van der Waals surface area (Å²) in [5.74, 6) is 0. The first-order valence-corrected chi connectivity index (χ1v) is 7.00. The van der Waals surface area contributed by atoms with E-state index in [4.69, 9.17) is 21.1 Å². The second kappa shape index (κ2) is 13.3. The summed E-state index contributed by atoms with van der Waals surface area (Å²) in [6.45, 7) is 6.26. The van der Waals surface area contributed by atoms with E-state index in [9.17, 15) is 0 Å². The molecule has 0 N–H and O–H groups in total. The highest BCUT2D eigenvalue weighted by molar-refractivity contribution is 6.20. The van der Waals surface area contributed by atoms with Crippen LogP contribution in [0.15, 0.2) is 0 Å². The maximum atomic E-state index is 5.81. The SMILES string of the molecule is CCCCCCCOCOCCCC(C)Cl. The van der Waals surface area contributed by atoms with Crippen molar-refractivity contribution in [3.8, 4) is 0 Å². The zero-order valence-electron chi connectivity index (χ0n) is 10.8. The van der Waals surface area contributed by atoms with E-state index < -0.39 is 0 Å². The molecule has 0 aromatic heterocycles. The Hall–Kier alpha value is 0.210. The summed E-state index contributed by atoms with van der Waals surface area (Å²) in [7, 11) is 0. The van der Waals surface area contributed by atoms with Crippen LogP contribution in [0, 0.1) is 0 Å². The number of alkyl halides is 1. The minimum absolute atomic E-state index is 0.253. The fourth-order valence-electron chi connectivity index (χ4n) is 1.45. The van der Waals surface area contributed by atoms with E-state index in [-0.39, 0.29) is 5.38 Å². The summed E-state index contributed by atoms with van der Waals surface area (Å²) in [6.07, 6.45) is 8.42. The molecule has 0 spiro atoms. The lowest BCUT2D eigenvalue weighted by Crippen LogP contribution is -2.04. The molecule has 0 rings (SSSR count). The molecule has 0 bridgehead atoms. The first-order chi connectivity index (χ1) is 7.77. The predicted molar refractivity (Wildman–Crippen MR) is 70.1 cm³/mol. The molecule has 0 saturated carbocycles. The Labute approximate surface area is 106 Å². The first-order valence-electron chi connectivity index (χ1n) is 6.57. The van der Waals surface area contributed by atoms with E-state index in [0.29, 0.717) is 6.79 Å². The number of ether oxygens (including phenoxy) is 2. The van der Waals surface area contributed by atoms with Crippen LogP contribution in [0.25, 0.3) is 0 Å². The number of hydrogen-bond acceptors (Lipinski definition) is 2. The largest absolute Gasteiger partial charge is 0.355 e. The highest BCUT2D eigenvalue weighted by atomic mass is 35.5. The van der Waals surface area contributed by atoms with Gasteiger partial charge in [0.25, 0.3) is 0 Å². The minimum atomic E-state index is 0.253. The predicted octanol–water partition coefficient (Wildman–Crippen LogP) is 4.36. The van der Waals surface area contributed by atoms with Gasteiger partial charge in [-0.05, 0) is 26.2 Å². The van der Waals surface area contributed by atoms with E-state index in [2.05, 4.69) is 6.92 Å². The standard InChI is InChI=1S/C13H27ClO2/c1-3-4-5-6-7-10-15-12-16-11-8-9-13(2)14/h13H,3-12H2,1-2H3. The molecular formula is C13H27ClO2. The van der Waals surface area contributed by atoms with Crippen LogP contribution < -0.4 is 0 Å². The van der Waals surface area contributed by atoms with Gasteiger partial charge in [0.1, 0.15) is 6.79 Å². The van der Waals surface area contributed by atoms with E-state index >= 15 is 0 Å². The summed E-state index contributed by atoms with van der Waals surface area (Å²) in [5.41, 5.74) is 0. The summed E-state index contributed by atoms with van der Waals surface area (Å²) in [4.78, 5) is 0.